The number of hydrogen-bond donors (Lipinski definition) is 0. The van der Waals surface area contributed by atoms with Crippen LogP contribution in [0.3, 0.4) is 0 Å². The molecule has 1 atom stereocenters. The smallest absolute Gasteiger partial charge is 0.144 e. The zero-order valence-corrected chi connectivity index (χ0v) is 11.7. The quantitative estimate of drug-likeness (QED) is 0.612. The molecule has 88 valence electrons. The van der Waals surface area contributed by atoms with Crippen molar-refractivity contribution >= 4 is 29.0 Å². The van der Waals surface area contributed by atoms with E-state index in [-0.39, 0.29) is 4.75 Å². The molecule has 2 nitrogen and oxygen atoms in total. The highest BCUT2D eigenvalue weighted by Crippen LogP contribution is 2.19. The maximum Gasteiger partial charge on any atom is 0.144 e. The fourth-order valence-electron chi connectivity index (χ4n) is 1.04. The monoisotopic (exact) mass is 255 g/mol. The van der Waals surface area contributed by atoms with E-state index in [1.165, 1.54) is 0 Å². The predicted octanol–water partition coefficient (Wildman–Crippen LogP) is 3.29. The predicted molar refractivity (Wildman–Crippen MR) is 73.7 cm³/mol. The van der Waals surface area contributed by atoms with Gasteiger partial charge in [0.05, 0.1) is 4.75 Å². The van der Waals surface area contributed by atoms with E-state index in [0.29, 0.717) is 0 Å². The fraction of sp³-hybridized carbons (Fsp3) is 0.417. The largest absolute Gasteiger partial charge is 0.234 e. The Hall–Kier alpha value is -0.610. The van der Waals surface area contributed by atoms with Gasteiger partial charge in [-0.3, -0.25) is 0 Å². The Morgan fingerprint density at radius 2 is 1.94 bits per heavy atom. The third-order valence-electron chi connectivity index (χ3n) is 1.95. The SMILES string of the molecule is CSc1ccccc1C=NS(=O)C(C)(C)C. The van der Waals surface area contributed by atoms with Crippen LogP contribution in [0.1, 0.15) is 26.3 Å². The number of benzene rings is 1. The van der Waals surface area contributed by atoms with Crippen molar-refractivity contribution in [2.24, 2.45) is 4.40 Å². The van der Waals surface area contributed by atoms with E-state index in [2.05, 4.69) is 4.40 Å². The van der Waals surface area contributed by atoms with Crippen LogP contribution in [0.4, 0.5) is 0 Å². The van der Waals surface area contributed by atoms with Crippen LogP contribution in [0.25, 0.3) is 0 Å². The van der Waals surface area contributed by atoms with Crippen molar-refractivity contribution in [3.8, 4) is 0 Å². The van der Waals surface area contributed by atoms with E-state index in [0.717, 1.165) is 10.5 Å². The van der Waals surface area contributed by atoms with Crippen molar-refractivity contribution in [1.29, 1.82) is 0 Å². The Kier molecular flexibility index (Phi) is 4.74. The number of rotatable bonds is 3. The van der Waals surface area contributed by atoms with E-state index in [9.17, 15) is 4.21 Å². The maximum atomic E-state index is 11.7. The lowest BCUT2D eigenvalue weighted by Gasteiger charge is -2.12. The van der Waals surface area contributed by atoms with Crippen LogP contribution in [0.2, 0.25) is 0 Å². The van der Waals surface area contributed by atoms with E-state index < -0.39 is 11.0 Å². The summed E-state index contributed by atoms with van der Waals surface area (Å²) in [6, 6.07) is 7.96. The Morgan fingerprint density at radius 1 is 1.31 bits per heavy atom. The first-order chi connectivity index (χ1) is 7.45. The molecule has 0 aromatic heterocycles. The van der Waals surface area contributed by atoms with Crippen LogP contribution >= 0.6 is 11.8 Å². The van der Waals surface area contributed by atoms with Gasteiger partial charge in [0.15, 0.2) is 0 Å². The first-order valence-electron chi connectivity index (χ1n) is 5.04. The molecule has 1 rings (SSSR count). The van der Waals surface area contributed by atoms with Gasteiger partial charge in [0.2, 0.25) is 0 Å². The molecule has 0 N–H and O–H groups in total. The minimum Gasteiger partial charge on any atom is -0.234 e. The van der Waals surface area contributed by atoms with Gasteiger partial charge in [-0.1, -0.05) is 18.2 Å². The third-order valence-corrected chi connectivity index (χ3v) is 4.11. The van der Waals surface area contributed by atoms with Crippen LogP contribution in [0.15, 0.2) is 33.6 Å². The summed E-state index contributed by atoms with van der Waals surface area (Å²) in [7, 11) is -1.19. The first-order valence-corrected chi connectivity index (χ1v) is 7.37. The van der Waals surface area contributed by atoms with Crippen molar-refractivity contribution in [1.82, 2.24) is 0 Å². The average molecular weight is 255 g/mol. The lowest BCUT2D eigenvalue weighted by molar-refractivity contribution is 0.651. The van der Waals surface area contributed by atoms with Gasteiger partial charge < -0.3 is 0 Å². The molecule has 16 heavy (non-hydrogen) atoms. The minimum atomic E-state index is -1.19. The second-order valence-electron chi connectivity index (χ2n) is 4.34. The van der Waals surface area contributed by atoms with Gasteiger partial charge in [-0.25, -0.2) is 4.21 Å². The normalized spacial score (nSPS) is 14.2. The molecule has 0 spiro atoms. The Bertz CT molecular complexity index is 408. The second kappa shape index (κ2) is 5.64. The van der Waals surface area contributed by atoms with Crippen molar-refractivity contribution < 1.29 is 4.21 Å². The molecule has 0 saturated carbocycles. The van der Waals surface area contributed by atoms with Gasteiger partial charge >= 0.3 is 0 Å². The number of hydrogen-bond acceptors (Lipinski definition) is 2. The van der Waals surface area contributed by atoms with Gasteiger partial charge in [0.25, 0.3) is 0 Å². The van der Waals surface area contributed by atoms with Crippen molar-refractivity contribution in [2.45, 2.75) is 30.4 Å². The molecule has 0 aliphatic heterocycles. The van der Waals surface area contributed by atoms with Crippen LogP contribution in [-0.4, -0.2) is 21.4 Å². The summed E-state index contributed by atoms with van der Waals surface area (Å²) in [6.45, 7) is 5.75. The lowest BCUT2D eigenvalue weighted by Crippen LogP contribution is -2.19. The minimum absolute atomic E-state index is 0.301. The summed E-state index contributed by atoms with van der Waals surface area (Å²) >= 11 is 1.66. The molecule has 0 heterocycles. The fourth-order valence-corrected chi connectivity index (χ4v) is 2.13. The van der Waals surface area contributed by atoms with E-state index in [1.807, 2.05) is 51.3 Å². The first kappa shape index (κ1) is 13.5. The van der Waals surface area contributed by atoms with Gasteiger partial charge in [-0.15, -0.1) is 11.8 Å². The molecule has 0 amide bonds. The highest BCUT2D eigenvalue weighted by molar-refractivity contribution is 7.98. The van der Waals surface area contributed by atoms with Gasteiger partial charge in [-0.2, -0.15) is 4.40 Å². The van der Waals surface area contributed by atoms with Gasteiger partial charge in [-0.05, 0) is 33.1 Å². The summed E-state index contributed by atoms with van der Waals surface area (Å²) in [5, 5.41) is 0. The number of thioether (sulfide) groups is 1. The highest BCUT2D eigenvalue weighted by atomic mass is 32.2. The third kappa shape index (κ3) is 3.76. The Labute approximate surface area is 104 Å². The van der Waals surface area contributed by atoms with Crippen molar-refractivity contribution in [3.05, 3.63) is 29.8 Å². The molecular weight excluding hydrogens is 238 g/mol. The summed E-state index contributed by atoms with van der Waals surface area (Å²) in [4.78, 5) is 1.15. The van der Waals surface area contributed by atoms with Crippen LogP contribution in [-0.2, 0) is 11.0 Å². The second-order valence-corrected chi connectivity index (χ2v) is 7.12. The molecule has 1 unspecified atom stereocenters. The Morgan fingerprint density at radius 3 is 2.50 bits per heavy atom. The highest BCUT2D eigenvalue weighted by Gasteiger charge is 2.18. The molecule has 0 saturated heterocycles. The molecule has 4 heteroatoms. The summed E-state index contributed by atoms with van der Waals surface area (Å²) in [5.74, 6) is 0. The molecule has 1 aromatic rings. The topological polar surface area (TPSA) is 29.4 Å². The summed E-state index contributed by atoms with van der Waals surface area (Å²) < 4.78 is 15.6. The lowest BCUT2D eigenvalue weighted by atomic mass is 10.2. The molecule has 0 radical (unpaired) electrons. The molecule has 0 fully saturated rings. The van der Waals surface area contributed by atoms with Crippen LogP contribution < -0.4 is 0 Å². The molecule has 1 aromatic carbocycles. The van der Waals surface area contributed by atoms with Crippen molar-refractivity contribution in [3.63, 3.8) is 0 Å². The summed E-state index contributed by atoms with van der Waals surface area (Å²) in [6.07, 6.45) is 3.72. The molecular formula is C12H17NOS2. The van der Waals surface area contributed by atoms with Gasteiger partial charge in [0.1, 0.15) is 11.0 Å². The number of nitrogens with zero attached hydrogens (tertiary/aromatic N) is 1. The average Bonchev–Trinajstić information content (AvgIpc) is 2.24. The van der Waals surface area contributed by atoms with Crippen LogP contribution in [0, 0.1) is 0 Å². The zero-order valence-electron chi connectivity index (χ0n) is 10.1. The van der Waals surface area contributed by atoms with Crippen LogP contribution in [0.5, 0.6) is 0 Å². The van der Waals surface area contributed by atoms with E-state index >= 15 is 0 Å². The van der Waals surface area contributed by atoms with Crippen molar-refractivity contribution in [2.75, 3.05) is 6.26 Å². The summed E-state index contributed by atoms with van der Waals surface area (Å²) in [5.41, 5.74) is 1.02. The maximum absolute atomic E-state index is 11.7. The molecule has 0 aliphatic rings. The van der Waals surface area contributed by atoms with E-state index in [1.54, 1.807) is 18.0 Å². The standard InChI is InChI=1S/C12H17NOS2/c1-12(2,3)16(14)13-9-10-7-5-6-8-11(10)15-4/h5-9H,1-4H3. The Balaban J connectivity index is 2.88. The molecule has 0 aliphatic carbocycles. The van der Waals surface area contributed by atoms with E-state index in [4.69, 9.17) is 0 Å². The van der Waals surface area contributed by atoms with Gasteiger partial charge in [0, 0.05) is 16.7 Å². The zero-order chi connectivity index (χ0) is 12.2. The molecule has 0 bridgehead atoms.